The fourth-order valence-electron chi connectivity index (χ4n) is 2.42. The average Bonchev–Trinajstić information content (AvgIpc) is 3.10. The van der Waals surface area contributed by atoms with Crippen molar-refractivity contribution in [3.8, 4) is 0 Å². The van der Waals surface area contributed by atoms with Crippen molar-refractivity contribution in [1.29, 1.82) is 0 Å². The Morgan fingerprint density at radius 3 is 2.39 bits per heavy atom. The molecule has 1 N–H and O–H groups in total. The highest BCUT2D eigenvalue weighted by Crippen LogP contribution is 2.10. The number of rotatable bonds is 11. The molecule has 11 heteroatoms. The molecule has 156 valence electrons. The van der Waals surface area contributed by atoms with Crippen LogP contribution in [0.25, 0.3) is 0 Å². The van der Waals surface area contributed by atoms with E-state index in [0.717, 1.165) is 13.8 Å². The van der Waals surface area contributed by atoms with Crippen molar-refractivity contribution in [2.24, 2.45) is 0 Å². The van der Waals surface area contributed by atoms with Crippen molar-refractivity contribution in [3.63, 3.8) is 0 Å². The van der Waals surface area contributed by atoms with Crippen LogP contribution in [0.15, 0.2) is 36.8 Å². The SMILES string of the molecule is CN(C)S(=O)(=O)n1cnc(CCCCNS(=O)(=O)CCc2ccc(Cl)cc2)c1. The summed E-state index contributed by atoms with van der Waals surface area (Å²) in [4.78, 5) is 4.09. The number of halogens is 1. The predicted octanol–water partition coefficient (Wildman–Crippen LogP) is 1.68. The molecule has 0 aliphatic heterocycles. The Hall–Kier alpha value is -1.46. The molecule has 0 saturated heterocycles. The molecular formula is C17H25ClN4O4S2. The summed E-state index contributed by atoms with van der Waals surface area (Å²) in [5, 5.41) is 0.619. The summed E-state index contributed by atoms with van der Waals surface area (Å²) >= 11 is 5.81. The second-order valence-electron chi connectivity index (χ2n) is 6.53. The predicted molar refractivity (Wildman–Crippen MR) is 110 cm³/mol. The molecule has 0 unspecified atom stereocenters. The summed E-state index contributed by atoms with van der Waals surface area (Å²) in [7, 11) is -4.00. The van der Waals surface area contributed by atoms with Crippen LogP contribution < -0.4 is 4.72 Å². The van der Waals surface area contributed by atoms with Crippen LogP contribution in [0.2, 0.25) is 5.02 Å². The summed E-state index contributed by atoms with van der Waals surface area (Å²) < 4.78 is 52.8. The van der Waals surface area contributed by atoms with E-state index in [0.29, 0.717) is 42.9 Å². The third-order valence-electron chi connectivity index (χ3n) is 4.10. The lowest BCUT2D eigenvalue weighted by molar-refractivity contribution is 0.510. The highest BCUT2D eigenvalue weighted by molar-refractivity contribution is 7.89. The van der Waals surface area contributed by atoms with Gasteiger partial charge in [0, 0.05) is 31.9 Å². The van der Waals surface area contributed by atoms with Crippen molar-refractivity contribution >= 4 is 31.8 Å². The Morgan fingerprint density at radius 2 is 1.75 bits per heavy atom. The number of benzene rings is 1. The topological polar surface area (TPSA) is 101 Å². The van der Waals surface area contributed by atoms with Gasteiger partial charge in [0.15, 0.2) is 0 Å². The molecule has 0 aliphatic rings. The molecule has 0 amide bonds. The van der Waals surface area contributed by atoms with Crippen LogP contribution in [-0.4, -0.2) is 56.5 Å². The number of hydrogen-bond donors (Lipinski definition) is 1. The Labute approximate surface area is 171 Å². The van der Waals surface area contributed by atoms with Crippen LogP contribution >= 0.6 is 11.6 Å². The molecular weight excluding hydrogens is 424 g/mol. The van der Waals surface area contributed by atoms with Crippen LogP contribution in [0, 0.1) is 0 Å². The molecule has 1 aromatic carbocycles. The summed E-state index contributed by atoms with van der Waals surface area (Å²) in [6, 6.07) is 7.10. The largest absolute Gasteiger partial charge is 0.308 e. The van der Waals surface area contributed by atoms with Gasteiger partial charge in [-0.2, -0.15) is 12.7 Å². The molecule has 1 aromatic heterocycles. The van der Waals surface area contributed by atoms with Gasteiger partial charge in [0.1, 0.15) is 6.33 Å². The highest BCUT2D eigenvalue weighted by Gasteiger charge is 2.16. The number of imidazole rings is 1. The number of aromatic nitrogens is 2. The minimum atomic E-state index is -3.55. The van der Waals surface area contributed by atoms with Gasteiger partial charge in [-0.15, -0.1) is 0 Å². The maximum atomic E-state index is 12.1. The molecule has 28 heavy (non-hydrogen) atoms. The molecule has 8 nitrogen and oxygen atoms in total. The van der Waals surface area contributed by atoms with Crippen molar-refractivity contribution in [2.45, 2.75) is 25.7 Å². The maximum Gasteiger partial charge on any atom is 0.308 e. The van der Waals surface area contributed by atoms with E-state index in [1.807, 2.05) is 12.1 Å². The molecule has 2 rings (SSSR count). The molecule has 0 saturated carbocycles. The van der Waals surface area contributed by atoms with Gasteiger partial charge < -0.3 is 0 Å². The summed E-state index contributed by atoms with van der Waals surface area (Å²) in [6.07, 6.45) is 5.06. The molecule has 0 fully saturated rings. The fourth-order valence-corrected chi connectivity index (χ4v) is 4.45. The molecule has 0 aliphatic carbocycles. The Balaban J connectivity index is 1.71. The van der Waals surface area contributed by atoms with Gasteiger partial charge in [-0.25, -0.2) is 22.1 Å². The fraction of sp³-hybridized carbons (Fsp3) is 0.471. The zero-order valence-electron chi connectivity index (χ0n) is 15.9. The van der Waals surface area contributed by atoms with E-state index < -0.39 is 20.2 Å². The Bertz CT molecular complexity index is 971. The first-order valence-corrected chi connectivity index (χ1v) is 12.2. The highest BCUT2D eigenvalue weighted by atomic mass is 35.5. The number of sulfonamides is 1. The lowest BCUT2D eigenvalue weighted by atomic mass is 10.2. The zero-order chi connectivity index (χ0) is 20.8. The third-order valence-corrected chi connectivity index (χ3v) is 7.39. The van der Waals surface area contributed by atoms with E-state index in [9.17, 15) is 16.8 Å². The lowest BCUT2D eigenvalue weighted by Crippen LogP contribution is -2.28. The smallest absolute Gasteiger partial charge is 0.241 e. The van der Waals surface area contributed by atoms with Crippen molar-refractivity contribution in [2.75, 3.05) is 26.4 Å². The molecule has 0 bridgehead atoms. The molecule has 2 aromatic rings. The van der Waals surface area contributed by atoms with Crippen molar-refractivity contribution < 1.29 is 16.8 Å². The van der Waals surface area contributed by atoms with Gasteiger partial charge in [-0.05, 0) is 43.4 Å². The third kappa shape index (κ3) is 6.85. The van der Waals surface area contributed by atoms with Crippen LogP contribution in [0.1, 0.15) is 24.1 Å². The number of hydrogen-bond acceptors (Lipinski definition) is 5. The van der Waals surface area contributed by atoms with Crippen LogP contribution in [0.3, 0.4) is 0 Å². The van der Waals surface area contributed by atoms with E-state index in [4.69, 9.17) is 11.6 Å². The van der Waals surface area contributed by atoms with Crippen LogP contribution in [-0.2, 0) is 33.1 Å². The first kappa shape index (κ1) is 22.8. The Morgan fingerprint density at radius 1 is 1.07 bits per heavy atom. The van der Waals surface area contributed by atoms with Crippen molar-refractivity contribution in [3.05, 3.63) is 53.1 Å². The summed E-state index contributed by atoms with van der Waals surface area (Å²) in [5.74, 6) is 0.0153. The van der Waals surface area contributed by atoms with Gasteiger partial charge in [-0.1, -0.05) is 23.7 Å². The lowest BCUT2D eigenvalue weighted by Gasteiger charge is -2.10. The number of nitrogens with one attached hydrogen (secondary N) is 1. The van der Waals surface area contributed by atoms with Gasteiger partial charge in [0.2, 0.25) is 10.0 Å². The molecule has 0 spiro atoms. The normalized spacial score (nSPS) is 12.6. The minimum Gasteiger partial charge on any atom is -0.241 e. The number of unbranched alkanes of at least 4 members (excludes halogenated alkanes) is 1. The molecule has 0 atom stereocenters. The van der Waals surface area contributed by atoms with E-state index in [1.54, 1.807) is 12.1 Å². The van der Waals surface area contributed by atoms with Gasteiger partial charge in [-0.3, -0.25) is 0 Å². The van der Waals surface area contributed by atoms with E-state index >= 15 is 0 Å². The molecule has 0 radical (unpaired) electrons. The van der Waals surface area contributed by atoms with E-state index in [-0.39, 0.29) is 5.75 Å². The Kier molecular flexibility index (Phi) is 8.02. The average molecular weight is 449 g/mol. The second-order valence-corrected chi connectivity index (χ2v) is 10.9. The van der Waals surface area contributed by atoms with Gasteiger partial charge in [0.05, 0.1) is 11.4 Å². The van der Waals surface area contributed by atoms with E-state index in [1.165, 1.54) is 26.6 Å². The summed E-state index contributed by atoms with van der Waals surface area (Å²) in [5.41, 5.74) is 1.56. The number of aryl methyl sites for hydroxylation is 2. The molecule has 1 heterocycles. The van der Waals surface area contributed by atoms with Crippen molar-refractivity contribution in [1.82, 2.24) is 18.0 Å². The second kappa shape index (κ2) is 9.84. The minimum absolute atomic E-state index is 0.0153. The number of nitrogens with zero attached hydrogens (tertiary/aromatic N) is 3. The quantitative estimate of drug-likeness (QED) is 0.527. The van der Waals surface area contributed by atoms with E-state index in [2.05, 4.69) is 9.71 Å². The standard InChI is InChI=1S/C17H25ClN4O4S2/c1-21(2)28(25,26)22-13-17(19-14-22)5-3-4-11-20-27(23,24)12-10-15-6-8-16(18)9-7-15/h6-9,13-14,20H,3-5,10-12H2,1-2H3. The monoisotopic (exact) mass is 448 g/mol. The van der Waals surface area contributed by atoms with Crippen LogP contribution in [0.5, 0.6) is 0 Å². The van der Waals surface area contributed by atoms with Gasteiger partial charge >= 0.3 is 10.2 Å². The van der Waals surface area contributed by atoms with Crippen LogP contribution in [0.4, 0.5) is 0 Å². The maximum absolute atomic E-state index is 12.1. The van der Waals surface area contributed by atoms with Gasteiger partial charge in [0.25, 0.3) is 0 Å². The first-order chi connectivity index (χ1) is 13.1. The first-order valence-electron chi connectivity index (χ1n) is 8.78. The zero-order valence-corrected chi connectivity index (χ0v) is 18.3. The summed E-state index contributed by atoms with van der Waals surface area (Å²) in [6.45, 7) is 0.333.